The Morgan fingerprint density at radius 2 is 1.94 bits per heavy atom. The minimum Gasteiger partial charge on any atom is -0.367 e. The van der Waals surface area contributed by atoms with Gasteiger partial charge in [-0.15, -0.1) is 0 Å². The fourth-order valence-electron chi connectivity index (χ4n) is 4.74. The smallest absolute Gasteiger partial charge is 0.224 e. The van der Waals surface area contributed by atoms with E-state index in [-0.39, 0.29) is 0 Å². The maximum atomic E-state index is 4.86. The van der Waals surface area contributed by atoms with Crippen LogP contribution in [-0.4, -0.2) is 51.6 Å². The second-order valence-corrected chi connectivity index (χ2v) is 9.72. The van der Waals surface area contributed by atoms with E-state index in [0.29, 0.717) is 18.0 Å². The number of nitrogens with one attached hydrogen (secondary N) is 2. The molecule has 6 nitrogen and oxygen atoms in total. The number of aromatic nitrogens is 3. The van der Waals surface area contributed by atoms with E-state index >= 15 is 0 Å². The molecule has 178 valence electrons. The van der Waals surface area contributed by atoms with Gasteiger partial charge in [-0.1, -0.05) is 44.7 Å². The molecule has 2 aromatic rings. The van der Waals surface area contributed by atoms with Crippen molar-refractivity contribution in [1.82, 2.24) is 19.9 Å². The standard InChI is InChI=1S/C27H40N6/c1-4-5-15-28-27-30-19-24(26(32-27)31-23-9-7-6-8-10-23)25-12-11-22(18-29-25)21-13-16-33(17-14-21)20(2)3/h11-13,18-20,23H,4-10,14-17H2,1-3H3,(H2,28,30,31,32). The van der Waals surface area contributed by atoms with Crippen LogP contribution in [0.25, 0.3) is 16.8 Å². The van der Waals surface area contributed by atoms with Crippen molar-refractivity contribution in [1.29, 1.82) is 0 Å². The second kappa shape index (κ2) is 11.6. The van der Waals surface area contributed by atoms with E-state index in [1.807, 2.05) is 12.4 Å². The van der Waals surface area contributed by atoms with Crippen molar-refractivity contribution in [3.05, 3.63) is 36.2 Å². The first-order chi connectivity index (χ1) is 16.1. The van der Waals surface area contributed by atoms with Gasteiger partial charge in [0.1, 0.15) is 5.82 Å². The van der Waals surface area contributed by atoms with Crippen LogP contribution in [0, 0.1) is 0 Å². The Morgan fingerprint density at radius 3 is 2.61 bits per heavy atom. The van der Waals surface area contributed by atoms with Crippen LogP contribution in [0.2, 0.25) is 0 Å². The van der Waals surface area contributed by atoms with Crippen molar-refractivity contribution < 1.29 is 0 Å². The first-order valence-corrected chi connectivity index (χ1v) is 12.9. The van der Waals surface area contributed by atoms with Gasteiger partial charge in [-0.3, -0.25) is 9.88 Å². The molecule has 1 saturated carbocycles. The molecule has 0 saturated heterocycles. The summed E-state index contributed by atoms with van der Waals surface area (Å²) in [5, 5.41) is 7.10. The summed E-state index contributed by atoms with van der Waals surface area (Å²) in [4.78, 5) is 16.8. The molecule has 0 radical (unpaired) electrons. The molecule has 1 fully saturated rings. The maximum Gasteiger partial charge on any atom is 0.224 e. The zero-order chi connectivity index (χ0) is 23.0. The number of unbranched alkanes of at least 4 members (excludes halogenated alkanes) is 1. The number of hydrogen-bond acceptors (Lipinski definition) is 6. The highest BCUT2D eigenvalue weighted by Crippen LogP contribution is 2.30. The first kappa shape index (κ1) is 23.7. The van der Waals surface area contributed by atoms with Crippen molar-refractivity contribution in [3.63, 3.8) is 0 Å². The molecule has 0 aromatic carbocycles. The molecule has 0 unspecified atom stereocenters. The van der Waals surface area contributed by atoms with Gasteiger partial charge in [-0.05, 0) is 56.7 Å². The van der Waals surface area contributed by atoms with Gasteiger partial charge in [-0.25, -0.2) is 4.98 Å². The molecule has 0 spiro atoms. The molecular weight excluding hydrogens is 408 g/mol. The molecule has 4 rings (SSSR count). The summed E-state index contributed by atoms with van der Waals surface area (Å²) in [5.41, 5.74) is 4.54. The zero-order valence-corrected chi connectivity index (χ0v) is 20.6. The number of rotatable bonds is 9. The summed E-state index contributed by atoms with van der Waals surface area (Å²) in [6, 6.07) is 5.40. The van der Waals surface area contributed by atoms with E-state index in [2.05, 4.69) is 59.5 Å². The third kappa shape index (κ3) is 6.32. The average molecular weight is 449 g/mol. The predicted molar refractivity (Wildman–Crippen MR) is 138 cm³/mol. The highest BCUT2D eigenvalue weighted by molar-refractivity contribution is 5.74. The van der Waals surface area contributed by atoms with Gasteiger partial charge >= 0.3 is 0 Å². The van der Waals surface area contributed by atoms with Crippen LogP contribution < -0.4 is 10.6 Å². The van der Waals surface area contributed by atoms with Crippen molar-refractivity contribution in [2.45, 2.75) is 84.2 Å². The Bertz CT molecular complexity index is 915. The van der Waals surface area contributed by atoms with Crippen LogP contribution >= 0.6 is 0 Å². The van der Waals surface area contributed by atoms with Crippen molar-refractivity contribution in [2.75, 3.05) is 30.3 Å². The minimum atomic E-state index is 0.478. The Kier molecular flexibility index (Phi) is 8.32. The van der Waals surface area contributed by atoms with Crippen LogP contribution in [0.15, 0.2) is 30.6 Å². The van der Waals surface area contributed by atoms with Crippen molar-refractivity contribution >= 4 is 17.3 Å². The number of pyridine rings is 1. The molecule has 2 aromatic heterocycles. The molecular formula is C27H40N6. The maximum absolute atomic E-state index is 4.86. The molecule has 0 bridgehead atoms. The van der Waals surface area contributed by atoms with Gasteiger partial charge in [-0.2, -0.15) is 4.98 Å². The fourth-order valence-corrected chi connectivity index (χ4v) is 4.74. The SMILES string of the molecule is CCCCNc1ncc(-c2ccc(C3=CCN(C(C)C)CC3)cn2)c(NC2CCCCC2)n1. The lowest BCUT2D eigenvalue weighted by Crippen LogP contribution is -2.34. The van der Waals surface area contributed by atoms with Gasteiger partial charge in [0.25, 0.3) is 0 Å². The van der Waals surface area contributed by atoms with Crippen LogP contribution in [0.3, 0.4) is 0 Å². The summed E-state index contributed by atoms with van der Waals surface area (Å²) in [5.74, 6) is 1.60. The summed E-state index contributed by atoms with van der Waals surface area (Å²) in [7, 11) is 0. The highest BCUT2D eigenvalue weighted by atomic mass is 15.2. The van der Waals surface area contributed by atoms with Crippen LogP contribution in [0.1, 0.15) is 77.7 Å². The largest absolute Gasteiger partial charge is 0.367 e. The summed E-state index contributed by atoms with van der Waals surface area (Å²) in [6.45, 7) is 9.75. The first-order valence-electron chi connectivity index (χ1n) is 12.9. The molecule has 33 heavy (non-hydrogen) atoms. The molecule has 3 heterocycles. The fraction of sp³-hybridized carbons (Fsp3) is 0.593. The van der Waals surface area contributed by atoms with Gasteiger partial charge < -0.3 is 10.6 Å². The molecule has 6 heteroatoms. The lowest BCUT2D eigenvalue weighted by molar-refractivity contribution is 0.245. The van der Waals surface area contributed by atoms with E-state index in [1.165, 1.54) is 43.2 Å². The third-order valence-electron chi connectivity index (χ3n) is 6.93. The van der Waals surface area contributed by atoms with Crippen LogP contribution in [-0.2, 0) is 0 Å². The Labute approximate surface area is 199 Å². The second-order valence-electron chi connectivity index (χ2n) is 9.72. The summed E-state index contributed by atoms with van der Waals surface area (Å²) < 4.78 is 0. The lowest BCUT2D eigenvalue weighted by Gasteiger charge is -2.29. The highest BCUT2D eigenvalue weighted by Gasteiger charge is 2.19. The van der Waals surface area contributed by atoms with Gasteiger partial charge in [0, 0.05) is 44.1 Å². The summed E-state index contributed by atoms with van der Waals surface area (Å²) >= 11 is 0. The molecule has 0 amide bonds. The van der Waals surface area contributed by atoms with E-state index in [4.69, 9.17) is 9.97 Å². The van der Waals surface area contributed by atoms with Gasteiger partial charge in [0.05, 0.1) is 11.3 Å². The van der Waals surface area contributed by atoms with Gasteiger partial charge in [0.15, 0.2) is 0 Å². The average Bonchev–Trinajstić information content (AvgIpc) is 2.85. The lowest BCUT2D eigenvalue weighted by atomic mass is 9.95. The van der Waals surface area contributed by atoms with Crippen LogP contribution in [0.4, 0.5) is 11.8 Å². The molecule has 1 aliphatic heterocycles. The van der Waals surface area contributed by atoms with E-state index in [0.717, 1.165) is 56.0 Å². The van der Waals surface area contributed by atoms with Crippen molar-refractivity contribution in [3.8, 4) is 11.3 Å². The third-order valence-corrected chi connectivity index (χ3v) is 6.93. The zero-order valence-electron chi connectivity index (χ0n) is 20.6. The Hall–Kier alpha value is -2.47. The molecule has 1 aliphatic carbocycles. The van der Waals surface area contributed by atoms with E-state index in [1.54, 1.807) is 0 Å². The minimum absolute atomic E-state index is 0.478. The molecule has 0 atom stereocenters. The quantitative estimate of drug-likeness (QED) is 0.459. The number of anilines is 2. The van der Waals surface area contributed by atoms with Crippen molar-refractivity contribution in [2.24, 2.45) is 0 Å². The number of nitrogens with zero attached hydrogens (tertiary/aromatic N) is 4. The van der Waals surface area contributed by atoms with E-state index in [9.17, 15) is 0 Å². The van der Waals surface area contributed by atoms with Crippen LogP contribution in [0.5, 0.6) is 0 Å². The normalized spacial score (nSPS) is 17.8. The Balaban J connectivity index is 1.53. The van der Waals surface area contributed by atoms with Gasteiger partial charge in [0.2, 0.25) is 5.95 Å². The Morgan fingerprint density at radius 1 is 1.09 bits per heavy atom. The monoisotopic (exact) mass is 448 g/mol. The topological polar surface area (TPSA) is 66.0 Å². The summed E-state index contributed by atoms with van der Waals surface area (Å²) in [6.07, 6.45) is 16.0. The predicted octanol–water partition coefficient (Wildman–Crippen LogP) is 5.99. The number of hydrogen-bond donors (Lipinski definition) is 2. The van der Waals surface area contributed by atoms with E-state index < -0.39 is 0 Å². The molecule has 2 N–H and O–H groups in total. The molecule has 2 aliphatic rings.